The third kappa shape index (κ3) is 4.97. The summed E-state index contributed by atoms with van der Waals surface area (Å²) < 4.78 is 29.7. The number of hydrogen-bond acceptors (Lipinski definition) is 4. The summed E-state index contributed by atoms with van der Waals surface area (Å²) in [4.78, 5) is 17.3. The fraction of sp³-hybridized carbons (Fsp3) is 0.0800. The number of nitrogens with zero attached hydrogens (tertiary/aromatic N) is 4. The van der Waals surface area contributed by atoms with Crippen LogP contribution in [0.1, 0.15) is 18.2 Å². The van der Waals surface area contributed by atoms with Crippen LogP contribution in [0.3, 0.4) is 0 Å². The zero-order valence-corrected chi connectivity index (χ0v) is 19.1. The lowest BCUT2D eigenvalue weighted by Gasteiger charge is -2.12. The van der Waals surface area contributed by atoms with Crippen molar-refractivity contribution in [2.24, 2.45) is 10.7 Å². The lowest BCUT2D eigenvalue weighted by molar-refractivity contribution is 0.516. The second-order valence-corrected chi connectivity index (χ2v) is 8.11. The van der Waals surface area contributed by atoms with E-state index in [9.17, 15) is 13.6 Å². The lowest BCUT2D eigenvalue weighted by atomic mass is 10.1. The van der Waals surface area contributed by atoms with E-state index in [0.29, 0.717) is 27.8 Å². The van der Waals surface area contributed by atoms with Gasteiger partial charge in [-0.25, -0.2) is 18.5 Å². The van der Waals surface area contributed by atoms with Crippen molar-refractivity contribution >= 4 is 23.0 Å². The Morgan fingerprint density at radius 3 is 2.50 bits per heavy atom. The summed E-state index contributed by atoms with van der Waals surface area (Å²) in [6.07, 6.45) is 5.25. The molecule has 0 aliphatic heterocycles. The Labute approximate surface area is 199 Å². The molecule has 172 valence electrons. The van der Waals surface area contributed by atoms with Crippen LogP contribution in [0.4, 0.5) is 14.5 Å². The molecule has 0 radical (unpaired) electrons. The molecule has 0 fully saturated rings. The summed E-state index contributed by atoms with van der Waals surface area (Å²) >= 11 is 6.07. The molecule has 6 nitrogen and oxygen atoms in total. The largest absolute Gasteiger partial charge is 0.402 e. The molecule has 0 aliphatic rings. The van der Waals surface area contributed by atoms with E-state index in [-0.39, 0.29) is 16.8 Å². The molecule has 4 rings (SSSR count). The van der Waals surface area contributed by atoms with Gasteiger partial charge in [0.25, 0.3) is 0 Å². The topological polar surface area (TPSA) is 78.2 Å². The lowest BCUT2D eigenvalue weighted by Crippen LogP contribution is -2.21. The third-order valence-corrected chi connectivity index (χ3v) is 5.17. The number of hydrogen-bond donors (Lipinski definition) is 1. The molecule has 0 unspecified atom stereocenters. The molecule has 0 amide bonds. The zero-order valence-electron chi connectivity index (χ0n) is 18.3. The van der Waals surface area contributed by atoms with Gasteiger partial charge in [-0.2, -0.15) is 5.10 Å². The van der Waals surface area contributed by atoms with Crippen LogP contribution in [0, 0.1) is 18.6 Å². The average molecular weight is 480 g/mol. The highest BCUT2D eigenvalue weighted by Gasteiger charge is 2.13. The molecule has 0 saturated carbocycles. The third-order valence-electron chi connectivity index (χ3n) is 4.93. The number of aromatic nitrogens is 3. The first kappa shape index (κ1) is 23.1. The normalized spacial score (nSPS) is 12.3. The maximum absolute atomic E-state index is 13.4. The quantitative estimate of drug-likeness (QED) is 0.397. The van der Waals surface area contributed by atoms with E-state index >= 15 is 0 Å². The summed E-state index contributed by atoms with van der Waals surface area (Å²) in [5.41, 5.74) is 8.96. The molecule has 2 aromatic heterocycles. The first-order valence-corrected chi connectivity index (χ1v) is 10.6. The van der Waals surface area contributed by atoms with Gasteiger partial charge in [-0.1, -0.05) is 17.7 Å². The molecule has 0 atom stereocenters. The monoisotopic (exact) mass is 479 g/mol. The number of benzene rings is 2. The van der Waals surface area contributed by atoms with E-state index < -0.39 is 11.6 Å². The summed E-state index contributed by atoms with van der Waals surface area (Å²) in [6.45, 7) is 3.52. The number of aliphatic imine (C=N–C) groups is 1. The molecule has 0 aliphatic carbocycles. The van der Waals surface area contributed by atoms with E-state index in [0.717, 1.165) is 18.0 Å². The van der Waals surface area contributed by atoms with Gasteiger partial charge in [-0.05, 0) is 61.9 Å². The Bertz CT molecular complexity index is 1480. The Morgan fingerprint density at radius 2 is 1.85 bits per heavy atom. The minimum atomic E-state index is -0.928. The molecule has 2 N–H and O–H groups in total. The summed E-state index contributed by atoms with van der Waals surface area (Å²) in [6, 6.07) is 13.5. The predicted molar refractivity (Wildman–Crippen MR) is 129 cm³/mol. The van der Waals surface area contributed by atoms with Gasteiger partial charge in [0.2, 0.25) is 5.43 Å². The van der Waals surface area contributed by atoms with Gasteiger partial charge < -0.3 is 10.3 Å². The van der Waals surface area contributed by atoms with Crippen LogP contribution in [-0.4, -0.2) is 20.1 Å². The van der Waals surface area contributed by atoms with Crippen molar-refractivity contribution < 1.29 is 8.78 Å². The van der Waals surface area contributed by atoms with Crippen molar-refractivity contribution in [3.05, 3.63) is 117 Å². The van der Waals surface area contributed by atoms with Gasteiger partial charge in [0.1, 0.15) is 0 Å². The van der Waals surface area contributed by atoms with Crippen molar-refractivity contribution in [3.63, 3.8) is 0 Å². The van der Waals surface area contributed by atoms with Crippen molar-refractivity contribution in [2.45, 2.75) is 13.8 Å². The van der Waals surface area contributed by atoms with Crippen LogP contribution >= 0.6 is 11.6 Å². The standard InChI is InChI=1S/C25H20ClF2N5O/c1-15-10-19(32-13-20(27)21(28)14-32)6-7-23(15)33-9-8-24(34)25(31-33)22(11-16(2)29)30-18-5-3-4-17(26)12-18/h3-14H,29H2,1-2H3. The zero-order chi connectivity index (χ0) is 24.4. The van der Waals surface area contributed by atoms with E-state index in [4.69, 9.17) is 17.3 Å². The highest BCUT2D eigenvalue weighted by Crippen LogP contribution is 2.21. The van der Waals surface area contributed by atoms with Crippen LogP contribution in [0.15, 0.2) is 88.7 Å². The molecule has 2 aromatic carbocycles. The van der Waals surface area contributed by atoms with Gasteiger partial charge in [0, 0.05) is 41.1 Å². The second-order valence-electron chi connectivity index (χ2n) is 7.67. The molecule has 2 heterocycles. The Morgan fingerprint density at radius 1 is 1.12 bits per heavy atom. The van der Waals surface area contributed by atoms with Crippen LogP contribution < -0.4 is 11.2 Å². The smallest absolute Gasteiger partial charge is 0.209 e. The highest BCUT2D eigenvalue weighted by atomic mass is 35.5. The van der Waals surface area contributed by atoms with Gasteiger partial charge in [-0.15, -0.1) is 0 Å². The minimum absolute atomic E-state index is 0.102. The van der Waals surface area contributed by atoms with Gasteiger partial charge in [0.05, 0.1) is 17.1 Å². The SMILES string of the molecule is CC(N)=CC(=Nc1cccc(Cl)c1)c1nn(-c2ccc(-n3cc(F)c(F)c3)cc2C)ccc1=O. The van der Waals surface area contributed by atoms with E-state index in [2.05, 4.69) is 10.1 Å². The summed E-state index contributed by atoms with van der Waals surface area (Å²) in [5, 5.41) is 5.01. The van der Waals surface area contributed by atoms with E-state index in [1.807, 2.05) is 6.92 Å². The molecular formula is C25H20ClF2N5O. The van der Waals surface area contributed by atoms with Crippen molar-refractivity contribution in [1.82, 2.24) is 14.3 Å². The predicted octanol–water partition coefficient (Wildman–Crippen LogP) is 5.25. The van der Waals surface area contributed by atoms with Crippen LogP contribution in [0.5, 0.6) is 0 Å². The highest BCUT2D eigenvalue weighted by molar-refractivity contribution is 6.30. The van der Waals surface area contributed by atoms with Crippen LogP contribution in [0.25, 0.3) is 11.4 Å². The first-order chi connectivity index (χ1) is 16.2. The van der Waals surface area contributed by atoms with Crippen molar-refractivity contribution in [3.8, 4) is 11.4 Å². The Hall–Kier alpha value is -4.04. The summed E-state index contributed by atoms with van der Waals surface area (Å²) in [5.74, 6) is -1.86. The van der Waals surface area contributed by atoms with E-state index in [1.165, 1.54) is 10.6 Å². The fourth-order valence-corrected chi connectivity index (χ4v) is 3.57. The van der Waals surface area contributed by atoms with Crippen molar-refractivity contribution in [1.29, 1.82) is 0 Å². The molecule has 4 aromatic rings. The molecule has 0 saturated heterocycles. The van der Waals surface area contributed by atoms with E-state index in [1.54, 1.807) is 66.3 Å². The second kappa shape index (κ2) is 9.44. The number of nitrogens with two attached hydrogens (primary N) is 1. The number of halogens is 3. The molecule has 0 bridgehead atoms. The van der Waals surface area contributed by atoms with Gasteiger partial charge in [-0.3, -0.25) is 4.79 Å². The van der Waals surface area contributed by atoms with Crippen LogP contribution in [0.2, 0.25) is 5.02 Å². The molecular weight excluding hydrogens is 460 g/mol. The molecule has 34 heavy (non-hydrogen) atoms. The number of aryl methyl sites for hydroxylation is 1. The summed E-state index contributed by atoms with van der Waals surface area (Å²) in [7, 11) is 0. The molecule has 0 spiro atoms. The maximum atomic E-state index is 13.4. The first-order valence-electron chi connectivity index (χ1n) is 10.2. The Balaban J connectivity index is 1.79. The minimum Gasteiger partial charge on any atom is -0.402 e. The van der Waals surface area contributed by atoms with Crippen molar-refractivity contribution in [2.75, 3.05) is 0 Å². The van der Waals surface area contributed by atoms with Gasteiger partial charge >= 0.3 is 0 Å². The molecule has 9 heteroatoms. The van der Waals surface area contributed by atoms with Crippen LogP contribution in [-0.2, 0) is 0 Å². The Kier molecular flexibility index (Phi) is 6.43. The number of allylic oxidation sites excluding steroid dienone is 2. The fourth-order valence-electron chi connectivity index (χ4n) is 3.38. The average Bonchev–Trinajstić information content (AvgIpc) is 3.12. The maximum Gasteiger partial charge on any atom is 0.209 e. The van der Waals surface area contributed by atoms with Gasteiger partial charge in [0.15, 0.2) is 17.3 Å². The number of rotatable bonds is 5.